The van der Waals surface area contributed by atoms with Gasteiger partial charge in [-0.2, -0.15) is 14.8 Å². The van der Waals surface area contributed by atoms with E-state index in [-0.39, 0.29) is 11.9 Å². The van der Waals surface area contributed by atoms with E-state index in [1.54, 1.807) is 4.52 Å². The van der Waals surface area contributed by atoms with Crippen molar-refractivity contribution >= 4 is 17.6 Å². The average molecular weight is 419 g/mol. The Morgan fingerprint density at radius 2 is 1.84 bits per heavy atom. The molecule has 1 amide bonds. The molecule has 1 saturated heterocycles. The zero-order valence-electron chi connectivity index (χ0n) is 17.9. The Kier molecular flexibility index (Phi) is 5.82. The number of nitrogen functional groups attached to an aromatic ring is 1. The summed E-state index contributed by atoms with van der Waals surface area (Å²) in [6.07, 6.45) is 1.05. The van der Waals surface area contributed by atoms with Gasteiger partial charge in [-0.15, -0.1) is 5.10 Å². The number of aromatic nitrogens is 4. The summed E-state index contributed by atoms with van der Waals surface area (Å²) in [6.45, 7) is 7.86. The number of carbonyl (C=O) groups excluding carboxylic acids is 1. The maximum atomic E-state index is 12.8. The Bertz CT molecular complexity index is 1140. The molecule has 1 aliphatic rings. The lowest BCUT2D eigenvalue weighted by molar-refractivity contribution is -0.133. The van der Waals surface area contributed by atoms with Crippen LogP contribution in [0.15, 0.2) is 24.3 Å². The molecule has 9 heteroatoms. The van der Waals surface area contributed by atoms with E-state index in [1.807, 2.05) is 43.0 Å². The lowest BCUT2D eigenvalue weighted by atomic mass is 10.1. The number of benzene rings is 1. The van der Waals surface area contributed by atoms with Gasteiger partial charge >= 0.3 is 0 Å². The monoisotopic (exact) mass is 418 g/mol. The van der Waals surface area contributed by atoms with Crippen LogP contribution < -0.4 is 5.73 Å². The standard InChI is InChI=1S/C22H26N8O/c1-15-19(16(2)30-22(25-15)26-21(24)27-30)7-8-20(31)29-11-9-28(10-12-29)14-18-5-3-17(13-23)4-6-18/h3-6H,7-12,14H2,1-2H3,(H2,24,27). The van der Waals surface area contributed by atoms with E-state index in [9.17, 15) is 4.79 Å². The Labute approximate surface area is 181 Å². The van der Waals surface area contributed by atoms with Crippen LogP contribution >= 0.6 is 0 Å². The van der Waals surface area contributed by atoms with Crippen molar-refractivity contribution in [3.05, 3.63) is 52.3 Å². The minimum absolute atomic E-state index is 0.162. The van der Waals surface area contributed by atoms with Crippen LogP contribution in [0.2, 0.25) is 0 Å². The molecule has 2 aromatic heterocycles. The summed E-state index contributed by atoms with van der Waals surface area (Å²) in [4.78, 5) is 25.7. The fraction of sp³-hybridized carbons (Fsp3) is 0.409. The summed E-state index contributed by atoms with van der Waals surface area (Å²) in [5.41, 5.74) is 10.3. The molecule has 0 radical (unpaired) electrons. The number of rotatable bonds is 5. The largest absolute Gasteiger partial charge is 0.366 e. The molecule has 1 aromatic carbocycles. The summed E-state index contributed by atoms with van der Waals surface area (Å²) in [5.74, 6) is 0.845. The van der Waals surface area contributed by atoms with Gasteiger partial charge in [0.05, 0.1) is 11.6 Å². The fourth-order valence-corrected chi connectivity index (χ4v) is 4.07. The number of carbonyl (C=O) groups is 1. The number of hydrogen-bond acceptors (Lipinski definition) is 7. The van der Waals surface area contributed by atoms with Gasteiger partial charge in [-0.25, -0.2) is 4.98 Å². The summed E-state index contributed by atoms with van der Waals surface area (Å²) in [5, 5.41) is 13.1. The highest BCUT2D eigenvalue weighted by atomic mass is 16.2. The van der Waals surface area contributed by atoms with Gasteiger partial charge in [0.2, 0.25) is 11.9 Å². The third-order valence-corrected chi connectivity index (χ3v) is 5.87. The highest BCUT2D eigenvalue weighted by Crippen LogP contribution is 2.17. The first-order chi connectivity index (χ1) is 14.9. The summed E-state index contributed by atoms with van der Waals surface area (Å²) in [6, 6.07) is 9.82. The van der Waals surface area contributed by atoms with Crippen LogP contribution in [0.5, 0.6) is 0 Å². The minimum atomic E-state index is 0.162. The third kappa shape index (κ3) is 4.49. The van der Waals surface area contributed by atoms with Crippen molar-refractivity contribution in [2.75, 3.05) is 31.9 Å². The van der Waals surface area contributed by atoms with E-state index in [2.05, 4.69) is 26.0 Å². The second-order valence-corrected chi connectivity index (χ2v) is 7.91. The van der Waals surface area contributed by atoms with Crippen molar-refractivity contribution in [3.8, 4) is 6.07 Å². The van der Waals surface area contributed by atoms with Crippen molar-refractivity contribution in [1.29, 1.82) is 5.26 Å². The number of nitrogens with zero attached hydrogens (tertiary/aromatic N) is 7. The zero-order chi connectivity index (χ0) is 22.0. The van der Waals surface area contributed by atoms with E-state index >= 15 is 0 Å². The van der Waals surface area contributed by atoms with Crippen molar-refractivity contribution in [3.63, 3.8) is 0 Å². The molecule has 0 spiro atoms. The first-order valence-electron chi connectivity index (χ1n) is 10.4. The molecule has 31 heavy (non-hydrogen) atoms. The molecule has 1 fully saturated rings. The lowest BCUT2D eigenvalue weighted by Gasteiger charge is -2.35. The number of piperazine rings is 1. The van der Waals surface area contributed by atoms with Gasteiger partial charge in [-0.3, -0.25) is 9.69 Å². The molecule has 0 saturated carbocycles. The average Bonchev–Trinajstić information content (AvgIpc) is 3.14. The molecule has 0 atom stereocenters. The molecule has 9 nitrogen and oxygen atoms in total. The topological polar surface area (TPSA) is 116 Å². The van der Waals surface area contributed by atoms with Crippen LogP contribution in [0.4, 0.5) is 5.95 Å². The molecule has 2 N–H and O–H groups in total. The molecule has 3 aromatic rings. The molecule has 4 rings (SSSR count). The third-order valence-electron chi connectivity index (χ3n) is 5.87. The normalized spacial score (nSPS) is 14.7. The molecule has 0 bridgehead atoms. The molecule has 0 aliphatic carbocycles. The maximum absolute atomic E-state index is 12.8. The maximum Gasteiger partial charge on any atom is 0.254 e. The number of hydrogen-bond donors (Lipinski definition) is 1. The smallest absolute Gasteiger partial charge is 0.254 e. The number of nitriles is 1. The van der Waals surface area contributed by atoms with Crippen molar-refractivity contribution in [2.24, 2.45) is 0 Å². The number of aryl methyl sites for hydroxylation is 2. The quantitative estimate of drug-likeness (QED) is 0.667. The Hall–Kier alpha value is -3.51. The van der Waals surface area contributed by atoms with Gasteiger partial charge in [0.1, 0.15) is 0 Å². The number of fused-ring (bicyclic) bond motifs is 1. The second kappa shape index (κ2) is 8.70. The van der Waals surface area contributed by atoms with E-state index in [0.717, 1.165) is 49.7 Å². The molecule has 3 heterocycles. The summed E-state index contributed by atoms with van der Waals surface area (Å²) < 4.78 is 1.64. The molecular weight excluding hydrogens is 392 g/mol. The highest BCUT2D eigenvalue weighted by molar-refractivity contribution is 5.76. The van der Waals surface area contributed by atoms with Crippen LogP contribution in [-0.4, -0.2) is 61.5 Å². The SMILES string of the molecule is Cc1nc2nc(N)nn2c(C)c1CCC(=O)N1CCN(Cc2ccc(C#N)cc2)CC1. The predicted octanol–water partition coefficient (Wildman–Crippen LogP) is 1.47. The van der Waals surface area contributed by atoms with Gasteiger partial charge in [0, 0.05) is 50.5 Å². The van der Waals surface area contributed by atoms with Gasteiger partial charge in [0.15, 0.2) is 0 Å². The number of amides is 1. The van der Waals surface area contributed by atoms with E-state index in [4.69, 9.17) is 11.0 Å². The highest BCUT2D eigenvalue weighted by Gasteiger charge is 2.22. The van der Waals surface area contributed by atoms with Gasteiger partial charge < -0.3 is 10.6 Å². The van der Waals surface area contributed by atoms with E-state index < -0.39 is 0 Å². The van der Waals surface area contributed by atoms with Crippen molar-refractivity contribution < 1.29 is 4.79 Å². The van der Waals surface area contributed by atoms with Crippen LogP contribution in [0.1, 0.15) is 34.5 Å². The van der Waals surface area contributed by atoms with E-state index in [1.165, 1.54) is 5.56 Å². The summed E-state index contributed by atoms with van der Waals surface area (Å²) in [7, 11) is 0. The van der Waals surface area contributed by atoms with Crippen molar-refractivity contribution in [2.45, 2.75) is 33.2 Å². The first-order valence-corrected chi connectivity index (χ1v) is 10.4. The van der Waals surface area contributed by atoms with Crippen LogP contribution in [0.25, 0.3) is 5.78 Å². The van der Waals surface area contributed by atoms with Gasteiger partial charge in [-0.1, -0.05) is 12.1 Å². The minimum Gasteiger partial charge on any atom is -0.366 e. The van der Waals surface area contributed by atoms with Crippen LogP contribution in [0, 0.1) is 25.2 Å². The van der Waals surface area contributed by atoms with Gasteiger partial charge in [0.25, 0.3) is 5.78 Å². The van der Waals surface area contributed by atoms with Crippen LogP contribution in [0.3, 0.4) is 0 Å². The molecule has 1 aliphatic heterocycles. The Balaban J connectivity index is 1.31. The van der Waals surface area contributed by atoms with Gasteiger partial charge in [-0.05, 0) is 43.5 Å². The van der Waals surface area contributed by atoms with Crippen molar-refractivity contribution in [1.82, 2.24) is 29.4 Å². The van der Waals surface area contributed by atoms with Crippen LogP contribution in [-0.2, 0) is 17.8 Å². The predicted molar refractivity (Wildman–Crippen MR) is 116 cm³/mol. The Morgan fingerprint density at radius 3 is 2.52 bits per heavy atom. The second-order valence-electron chi connectivity index (χ2n) is 7.91. The fourth-order valence-electron chi connectivity index (χ4n) is 4.07. The lowest BCUT2D eigenvalue weighted by Crippen LogP contribution is -2.48. The first kappa shape index (κ1) is 20.8. The zero-order valence-corrected chi connectivity index (χ0v) is 17.9. The number of nitrogens with two attached hydrogens (primary N) is 1. The molecule has 160 valence electrons. The number of anilines is 1. The van der Waals surface area contributed by atoms with E-state index in [0.29, 0.717) is 24.2 Å². The summed E-state index contributed by atoms with van der Waals surface area (Å²) >= 11 is 0. The Morgan fingerprint density at radius 1 is 1.13 bits per heavy atom. The molecular formula is C22H26N8O. The molecule has 0 unspecified atom stereocenters.